The van der Waals surface area contributed by atoms with Crippen molar-refractivity contribution in [1.82, 2.24) is 9.80 Å². The summed E-state index contributed by atoms with van der Waals surface area (Å²) in [5.41, 5.74) is 1.03. The molecule has 4 nitrogen and oxygen atoms in total. The fourth-order valence-corrected chi connectivity index (χ4v) is 5.43. The highest BCUT2D eigenvalue weighted by atomic mass is 32.2. The topological polar surface area (TPSA) is 32.8 Å². The van der Waals surface area contributed by atoms with Crippen molar-refractivity contribution in [3.63, 3.8) is 0 Å². The number of amides is 1. The SMILES string of the molecule is CC.CCN(C(=O)OCc1ccccc1)C1CCN(CCCCCSc2ccccc2)CC1.c1ccccc1. The van der Waals surface area contributed by atoms with Crippen LogP contribution in [0, 0.1) is 0 Å². The van der Waals surface area contributed by atoms with E-state index >= 15 is 0 Å². The molecule has 0 spiro atoms. The van der Waals surface area contributed by atoms with Gasteiger partial charge in [0.15, 0.2) is 0 Å². The number of piperidine rings is 1. The Bertz CT molecular complexity index is 938. The van der Waals surface area contributed by atoms with Crippen molar-refractivity contribution in [3.8, 4) is 0 Å². The molecular weight excluding hydrogens is 500 g/mol. The van der Waals surface area contributed by atoms with Crippen molar-refractivity contribution in [2.75, 3.05) is 31.9 Å². The predicted molar refractivity (Wildman–Crippen MR) is 167 cm³/mol. The van der Waals surface area contributed by atoms with Crippen LogP contribution in [0.2, 0.25) is 0 Å². The number of unbranched alkanes of at least 4 members (excludes halogenated alkanes) is 2. The minimum absolute atomic E-state index is 0.180. The number of likely N-dealkylation sites (tertiary alicyclic amines) is 1. The van der Waals surface area contributed by atoms with Gasteiger partial charge in [0.2, 0.25) is 0 Å². The monoisotopic (exact) mass is 548 g/mol. The van der Waals surface area contributed by atoms with Gasteiger partial charge in [-0.3, -0.25) is 0 Å². The summed E-state index contributed by atoms with van der Waals surface area (Å²) in [6.45, 7) is 10.4. The quantitative estimate of drug-likeness (QED) is 0.177. The zero-order chi connectivity index (χ0) is 28.0. The average Bonchev–Trinajstić information content (AvgIpc) is 3.02. The van der Waals surface area contributed by atoms with Gasteiger partial charge in [0.1, 0.15) is 6.61 Å². The van der Waals surface area contributed by atoms with Crippen molar-refractivity contribution >= 4 is 17.9 Å². The van der Waals surface area contributed by atoms with Crippen molar-refractivity contribution in [2.45, 2.75) is 70.4 Å². The molecule has 1 amide bonds. The van der Waals surface area contributed by atoms with Crippen LogP contribution in [0.15, 0.2) is 102 Å². The first-order valence-electron chi connectivity index (χ1n) is 14.6. The second-order valence-corrected chi connectivity index (χ2v) is 10.4. The lowest BCUT2D eigenvalue weighted by Crippen LogP contribution is -2.47. The minimum atomic E-state index is -0.180. The van der Waals surface area contributed by atoms with Gasteiger partial charge in [0, 0.05) is 30.6 Å². The molecule has 212 valence electrons. The van der Waals surface area contributed by atoms with E-state index in [1.54, 1.807) is 0 Å². The maximum Gasteiger partial charge on any atom is 0.410 e. The number of hydrogen-bond acceptors (Lipinski definition) is 4. The molecule has 1 fully saturated rings. The van der Waals surface area contributed by atoms with Crippen LogP contribution in [-0.4, -0.2) is 53.9 Å². The van der Waals surface area contributed by atoms with Gasteiger partial charge in [0.05, 0.1) is 0 Å². The molecule has 0 bridgehead atoms. The minimum Gasteiger partial charge on any atom is -0.445 e. The first kappa shape index (κ1) is 32.5. The first-order chi connectivity index (χ1) is 19.3. The highest BCUT2D eigenvalue weighted by Crippen LogP contribution is 2.20. The number of benzene rings is 3. The van der Waals surface area contributed by atoms with Gasteiger partial charge >= 0.3 is 6.09 Å². The number of nitrogens with zero attached hydrogens (tertiary/aromatic N) is 2. The molecule has 1 aliphatic rings. The van der Waals surface area contributed by atoms with Crippen LogP contribution < -0.4 is 0 Å². The molecule has 3 aromatic carbocycles. The lowest BCUT2D eigenvalue weighted by Gasteiger charge is -2.37. The summed E-state index contributed by atoms with van der Waals surface area (Å²) in [4.78, 5) is 18.4. The molecule has 0 aromatic heterocycles. The van der Waals surface area contributed by atoms with E-state index in [2.05, 4.69) is 35.2 Å². The fraction of sp³-hybridized carbons (Fsp3) is 0.441. The zero-order valence-corrected chi connectivity index (χ0v) is 25.0. The number of carbonyl (C=O) groups is 1. The number of ether oxygens (including phenoxy) is 1. The van der Waals surface area contributed by atoms with Crippen LogP contribution in [0.5, 0.6) is 0 Å². The number of thioether (sulfide) groups is 1. The Balaban J connectivity index is 0.000000578. The van der Waals surface area contributed by atoms with Gasteiger partial charge in [-0.15, -0.1) is 11.8 Å². The molecule has 0 aliphatic carbocycles. The van der Waals surface area contributed by atoms with Crippen molar-refractivity contribution in [1.29, 1.82) is 0 Å². The van der Waals surface area contributed by atoms with E-state index in [0.717, 1.165) is 31.5 Å². The summed E-state index contributed by atoms with van der Waals surface area (Å²) in [5.74, 6) is 1.20. The molecule has 1 aliphatic heterocycles. The van der Waals surface area contributed by atoms with Crippen LogP contribution >= 0.6 is 11.8 Å². The Morgan fingerprint density at radius 3 is 1.92 bits per heavy atom. The van der Waals surface area contributed by atoms with E-state index < -0.39 is 0 Å². The van der Waals surface area contributed by atoms with Crippen LogP contribution in [-0.2, 0) is 11.3 Å². The van der Waals surface area contributed by atoms with E-state index in [0.29, 0.717) is 19.2 Å². The first-order valence-corrected chi connectivity index (χ1v) is 15.6. The summed E-state index contributed by atoms with van der Waals surface area (Å²) in [5, 5.41) is 0. The largest absolute Gasteiger partial charge is 0.445 e. The summed E-state index contributed by atoms with van der Waals surface area (Å²) in [6, 6.07) is 32.8. The van der Waals surface area contributed by atoms with Crippen LogP contribution in [0.1, 0.15) is 58.4 Å². The molecule has 3 aromatic rings. The third-order valence-corrected chi connectivity index (χ3v) is 7.67. The van der Waals surface area contributed by atoms with Gasteiger partial charge in [-0.1, -0.05) is 105 Å². The van der Waals surface area contributed by atoms with E-state index in [9.17, 15) is 4.79 Å². The molecule has 0 unspecified atom stereocenters. The number of hydrogen-bond donors (Lipinski definition) is 0. The molecule has 39 heavy (non-hydrogen) atoms. The summed E-state index contributed by atoms with van der Waals surface area (Å²) in [6.07, 6.45) is 5.72. The Labute approximate surface area is 241 Å². The smallest absolute Gasteiger partial charge is 0.410 e. The van der Waals surface area contributed by atoms with Gasteiger partial charge in [-0.25, -0.2) is 4.79 Å². The van der Waals surface area contributed by atoms with Crippen LogP contribution in [0.25, 0.3) is 0 Å². The molecule has 1 heterocycles. The Hall–Kier alpha value is -2.76. The van der Waals surface area contributed by atoms with Gasteiger partial charge < -0.3 is 14.5 Å². The molecule has 1 saturated heterocycles. The van der Waals surface area contributed by atoms with E-state index in [-0.39, 0.29) is 6.09 Å². The third kappa shape index (κ3) is 13.7. The maximum absolute atomic E-state index is 12.6. The van der Waals surface area contributed by atoms with E-state index in [4.69, 9.17) is 4.74 Å². The molecule has 0 atom stereocenters. The standard InChI is InChI=1S/C26H36N2O2S.C6H6.C2H6/c1-2-28(26(29)30-22-23-12-6-3-7-13-23)24-16-19-27(20-17-24)18-10-5-11-21-31-25-14-8-4-9-15-25;1-2-4-6-5-3-1;1-2/h3-4,6-9,12-15,24H,2,5,10-11,16-22H2,1H3;1-6H;1-2H3. The molecule has 5 heteroatoms. The summed E-state index contributed by atoms with van der Waals surface area (Å²) >= 11 is 1.95. The third-order valence-electron chi connectivity index (χ3n) is 6.58. The molecule has 0 saturated carbocycles. The lowest BCUT2D eigenvalue weighted by atomic mass is 10.0. The summed E-state index contributed by atoms with van der Waals surface area (Å²) in [7, 11) is 0. The molecule has 4 rings (SSSR count). The van der Waals surface area contributed by atoms with Crippen LogP contribution in [0.4, 0.5) is 4.79 Å². The van der Waals surface area contributed by atoms with Crippen molar-refractivity contribution in [3.05, 3.63) is 103 Å². The zero-order valence-electron chi connectivity index (χ0n) is 24.2. The Morgan fingerprint density at radius 2 is 1.36 bits per heavy atom. The molecular formula is C34H48N2O2S. The second kappa shape index (κ2) is 21.1. The van der Waals surface area contributed by atoms with Gasteiger partial charge in [0.25, 0.3) is 0 Å². The van der Waals surface area contributed by atoms with Crippen LogP contribution in [0.3, 0.4) is 0 Å². The fourth-order valence-electron chi connectivity index (χ4n) is 4.50. The van der Waals surface area contributed by atoms with Gasteiger partial charge in [-0.2, -0.15) is 0 Å². The highest BCUT2D eigenvalue weighted by Gasteiger charge is 2.27. The van der Waals surface area contributed by atoms with Crippen molar-refractivity contribution in [2.24, 2.45) is 0 Å². The molecule has 0 N–H and O–H groups in total. The second-order valence-electron chi connectivity index (χ2n) is 9.28. The highest BCUT2D eigenvalue weighted by molar-refractivity contribution is 7.99. The Morgan fingerprint density at radius 1 is 0.821 bits per heavy atom. The van der Waals surface area contributed by atoms with E-state index in [1.165, 1.54) is 36.5 Å². The van der Waals surface area contributed by atoms with Gasteiger partial charge in [-0.05, 0) is 62.6 Å². The predicted octanol–water partition coefficient (Wildman–Crippen LogP) is 8.78. The average molecular weight is 549 g/mol. The summed E-state index contributed by atoms with van der Waals surface area (Å²) < 4.78 is 5.57. The van der Waals surface area contributed by atoms with Crippen molar-refractivity contribution < 1.29 is 9.53 Å². The molecule has 0 radical (unpaired) electrons. The maximum atomic E-state index is 12.6. The van der Waals surface area contributed by atoms with E-state index in [1.807, 2.05) is 104 Å². The number of carbonyl (C=O) groups excluding carboxylic acids is 1. The lowest BCUT2D eigenvalue weighted by molar-refractivity contribution is 0.0629. The normalized spacial score (nSPS) is 13.3. The Kier molecular flexibility index (Phi) is 17.6. The number of rotatable bonds is 11.